The Labute approximate surface area is 159 Å². The molecule has 0 saturated carbocycles. The fourth-order valence-corrected chi connectivity index (χ4v) is 2.93. The standard InChI is InChI=1S/C21H25NO5/c1-6-25-16-11-9-15(10-12-16)19-17(20(23)26-7-2)13(4)22-14(5)18(19)21(24)27-8-3/h9-12H,6-8H2,1-5H3. The van der Waals surface area contributed by atoms with E-state index in [9.17, 15) is 9.59 Å². The van der Waals surface area contributed by atoms with E-state index >= 15 is 0 Å². The Kier molecular flexibility index (Phi) is 6.93. The zero-order valence-electron chi connectivity index (χ0n) is 16.4. The van der Waals surface area contributed by atoms with E-state index in [-0.39, 0.29) is 24.3 Å². The molecule has 0 radical (unpaired) electrons. The van der Waals surface area contributed by atoms with Gasteiger partial charge in [0, 0.05) is 5.56 Å². The second-order valence-corrected chi connectivity index (χ2v) is 5.81. The zero-order valence-corrected chi connectivity index (χ0v) is 16.4. The van der Waals surface area contributed by atoms with E-state index in [1.807, 2.05) is 19.1 Å². The Morgan fingerprint density at radius 3 is 1.70 bits per heavy atom. The lowest BCUT2D eigenvalue weighted by Gasteiger charge is -2.18. The van der Waals surface area contributed by atoms with Gasteiger partial charge < -0.3 is 14.2 Å². The van der Waals surface area contributed by atoms with Crippen molar-refractivity contribution in [3.8, 4) is 16.9 Å². The molecule has 2 rings (SSSR count). The number of pyridine rings is 1. The first-order chi connectivity index (χ1) is 12.9. The van der Waals surface area contributed by atoms with Crippen LogP contribution in [0.25, 0.3) is 11.1 Å². The molecular formula is C21H25NO5. The predicted molar refractivity (Wildman–Crippen MR) is 102 cm³/mol. The lowest BCUT2D eigenvalue weighted by molar-refractivity contribution is 0.0525. The van der Waals surface area contributed by atoms with Crippen molar-refractivity contribution in [2.24, 2.45) is 0 Å². The molecule has 0 amide bonds. The normalized spacial score (nSPS) is 10.4. The minimum Gasteiger partial charge on any atom is -0.494 e. The number of aromatic nitrogens is 1. The van der Waals surface area contributed by atoms with Crippen molar-refractivity contribution in [1.82, 2.24) is 4.98 Å². The van der Waals surface area contributed by atoms with E-state index in [0.29, 0.717) is 34.9 Å². The molecule has 0 aliphatic carbocycles. The molecule has 0 atom stereocenters. The average Bonchev–Trinajstić information content (AvgIpc) is 2.62. The van der Waals surface area contributed by atoms with E-state index < -0.39 is 11.9 Å². The van der Waals surface area contributed by atoms with Crippen molar-refractivity contribution in [2.45, 2.75) is 34.6 Å². The number of hydrogen-bond donors (Lipinski definition) is 0. The molecule has 0 fully saturated rings. The molecule has 1 aromatic carbocycles. The Balaban J connectivity index is 2.75. The van der Waals surface area contributed by atoms with Crippen LogP contribution in [0, 0.1) is 13.8 Å². The van der Waals surface area contributed by atoms with Gasteiger partial charge in [-0.25, -0.2) is 9.59 Å². The number of aryl methyl sites for hydroxylation is 2. The lowest BCUT2D eigenvalue weighted by atomic mass is 9.92. The van der Waals surface area contributed by atoms with E-state index in [1.54, 1.807) is 39.8 Å². The molecule has 0 aliphatic rings. The number of carbonyl (C=O) groups excluding carboxylic acids is 2. The number of carbonyl (C=O) groups is 2. The smallest absolute Gasteiger partial charge is 0.340 e. The van der Waals surface area contributed by atoms with Crippen LogP contribution in [0.5, 0.6) is 5.75 Å². The monoisotopic (exact) mass is 371 g/mol. The van der Waals surface area contributed by atoms with Crippen molar-refractivity contribution >= 4 is 11.9 Å². The fourth-order valence-electron chi connectivity index (χ4n) is 2.93. The minimum absolute atomic E-state index is 0.226. The van der Waals surface area contributed by atoms with Gasteiger partial charge in [0.15, 0.2) is 0 Å². The number of ether oxygens (including phenoxy) is 3. The van der Waals surface area contributed by atoms with Crippen LogP contribution in [0.4, 0.5) is 0 Å². The summed E-state index contributed by atoms with van der Waals surface area (Å²) in [5.41, 5.74) is 2.72. The first-order valence-corrected chi connectivity index (χ1v) is 9.03. The highest BCUT2D eigenvalue weighted by Crippen LogP contribution is 2.33. The quantitative estimate of drug-likeness (QED) is 0.682. The molecule has 1 heterocycles. The third-order valence-electron chi connectivity index (χ3n) is 3.97. The van der Waals surface area contributed by atoms with Gasteiger partial charge in [-0.15, -0.1) is 0 Å². The molecule has 0 aliphatic heterocycles. The first-order valence-electron chi connectivity index (χ1n) is 9.03. The largest absolute Gasteiger partial charge is 0.494 e. The van der Waals surface area contributed by atoms with Crippen LogP contribution in [0.3, 0.4) is 0 Å². The Hall–Kier alpha value is -2.89. The number of rotatable bonds is 7. The summed E-state index contributed by atoms with van der Waals surface area (Å²) in [7, 11) is 0. The molecule has 0 N–H and O–H groups in total. The van der Waals surface area contributed by atoms with Gasteiger partial charge in [0.1, 0.15) is 5.75 Å². The van der Waals surface area contributed by atoms with Crippen LogP contribution in [0.1, 0.15) is 52.9 Å². The summed E-state index contributed by atoms with van der Waals surface area (Å²) in [5, 5.41) is 0. The van der Waals surface area contributed by atoms with Gasteiger partial charge in [-0.3, -0.25) is 4.98 Å². The molecule has 0 bridgehead atoms. The summed E-state index contributed by atoms with van der Waals surface area (Å²) in [4.78, 5) is 29.7. The highest BCUT2D eigenvalue weighted by molar-refractivity contribution is 6.07. The maximum Gasteiger partial charge on any atom is 0.340 e. The van der Waals surface area contributed by atoms with E-state index in [4.69, 9.17) is 14.2 Å². The van der Waals surface area contributed by atoms with Crippen molar-refractivity contribution in [3.05, 3.63) is 46.8 Å². The van der Waals surface area contributed by atoms with Crippen LogP contribution in [0.2, 0.25) is 0 Å². The fraction of sp³-hybridized carbons (Fsp3) is 0.381. The van der Waals surface area contributed by atoms with Gasteiger partial charge in [-0.1, -0.05) is 12.1 Å². The van der Waals surface area contributed by atoms with Crippen molar-refractivity contribution < 1.29 is 23.8 Å². The summed E-state index contributed by atoms with van der Waals surface area (Å²) in [6, 6.07) is 7.22. The summed E-state index contributed by atoms with van der Waals surface area (Å²) >= 11 is 0. The lowest BCUT2D eigenvalue weighted by Crippen LogP contribution is -2.17. The molecule has 2 aromatic rings. The van der Waals surface area contributed by atoms with Crippen LogP contribution in [-0.4, -0.2) is 36.7 Å². The summed E-state index contributed by atoms with van der Waals surface area (Å²) in [6.45, 7) is 9.83. The predicted octanol–water partition coefficient (Wildman–Crippen LogP) is 4.12. The molecule has 0 unspecified atom stereocenters. The number of esters is 2. The van der Waals surface area contributed by atoms with Crippen molar-refractivity contribution in [2.75, 3.05) is 19.8 Å². The van der Waals surface area contributed by atoms with E-state index in [0.717, 1.165) is 0 Å². The van der Waals surface area contributed by atoms with Crippen LogP contribution >= 0.6 is 0 Å². The molecule has 0 spiro atoms. The summed E-state index contributed by atoms with van der Waals surface area (Å²) < 4.78 is 15.9. The Bertz CT molecular complexity index is 785. The van der Waals surface area contributed by atoms with Crippen LogP contribution < -0.4 is 4.74 Å². The molecule has 0 saturated heterocycles. The zero-order chi connectivity index (χ0) is 20.0. The second kappa shape index (κ2) is 9.16. The maximum atomic E-state index is 12.6. The SMILES string of the molecule is CCOC(=O)c1c(C)nc(C)c(C(=O)OCC)c1-c1ccc(OCC)cc1. The van der Waals surface area contributed by atoms with Gasteiger partial charge in [-0.2, -0.15) is 0 Å². The summed E-state index contributed by atoms with van der Waals surface area (Å²) in [5.74, 6) is -0.326. The van der Waals surface area contributed by atoms with Gasteiger partial charge in [0.2, 0.25) is 0 Å². The molecule has 6 heteroatoms. The Morgan fingerprint density at radius 2 is 1.30 bits per heavy atom. The van der Waals surface area contributed by atoms with E-state index in [2.05, 4.69) is 4.98 Å². The van der Waals surface area contributed by atoms with Crippen LogP contribution in [-0.2, 0) is 9.47 Å². The topological polar surface area (TPSA) is 74.7 Å². The first kappa shape index (κ1) is 20.4. The van der Waals surface area contributed by atoms with Gasteiger partial charge in [0.25, 0.3) is 0 Å². The number of hydrogen-bond acceptors (Lipinski definition) is 6. The Morgan fingerprint density at radius 1 is 0.815 bits per heavy atom. The second-order valence-electron chi connectivity index (χ2n) is 5.81. The molecule has 1 aromatic heterocycles. The molecule has 27 heavy (non-hydrogen) atoms. The van der Waals surface area contributed by atoms with Crippen LogP contribution in [0.15, 0.2) is 24.3 Å². The van der Waals surface area contributed by atoms with Gasteiger partial charge >= 0.3 is 11.9 Å². The highest BCUT2D eigenvalue weighted by atomic mass is 16.5. The third kappa shape index (κ3) is 4.45. The molecule has 144 valence electrons. The number of benzene rings is 1. The maximum absolute atomic E-state index is 12.6. The molecule has 6 nitrogen and oxygen atoms in total. The van der Waals surface area contributed by atoms with Gasteiger partial charge in [-0.05, 0) is 52.3 Å². The minimum atomic E-state index is -0.517. The van der Waals surface area contributed by atoms with Crippen molar-refractivity contribution in [3.63, 3.8) is 0 Å². The number of nitrogens with zero attached hydrogens (tertiary/aromatic N) is 1. The van der Waals surface area contributed by atoms with Gasteiger partial charge in [0.05, 0.1) is 42.3 Å². The van der Waals surface area contributed by atoms with E-state index in [1.165, 1.54) is 0 Å². The highest BCUT2D eigenvalue weighted by Gasteiger charge is 2.27. The average molecular weight is 371 g/mol. The van der Waals surface area contributed by atoms with Crippen molar-refractivity contribution in [1.29, 1.82) is 0 Å². The third-order valence-corrected chi connectivity index (χ3v) is 3.97. The summed E-state index contributed by atoms with van der Waals surface area (Å²) in [6.07, 6.45) is 0. The molecular weight excluding hydrogens is 346 g/mol.